The number of aromatic nitrogens is 1. The Morgan fingerprint density at radius 3 is 2.34 bits per heavy atom. The van der Waals surface area contributed by atoms with Crippen LogP contribution < -0.4 is 20.2 Å². The van der Waals surface area contributed by atoms with E-state index in [9.17, 15) is 9.59 Å². The summed E-state index contributed by atoms with van der Waals surface area (Å²) < 4.78 is 17.8. The van der Waals surface area contributed by atoms with Gasteiger partial charge in [-0.2, -0.15) is 5.10 Å². The molecule has 0 aliphatic heterocycles. The van der Waals surface area contributed by atoms with Gasteiger partial charge in [0, 0.05) is 23.5 Å². The lowest BCUT2D eigenvalue weighted by molar-refractivity contribution is -0.123. The smallest absolute Gasteiger partial charge is 0.408 e. The van der Waals surface area contributed by atoms with Crippen molar-refractivity contribution in [2.24, 2.45) is 5.10 Å². The van der Waals surface area contributed by atoms with E-state index in [1.54, 1.807) is 13.2 Å². The second-order valence-corrected chi connectivity index (χ2v) is 11.0. The van der Waals surface area contributed by atoms with Crippen molar-refractivity contribution in [3.8, 4) is 11.5 Å². The maximum atomic E-state index is 13.3. The number of carbonyl (C=O) groups excluding carboxylic acids is 2. The average Bonchev–Trinajstić information content (AvgIpc) is 3.46. The number of fused-ring (bicyclic) bond motifs is 1. The summed E-state index contributed by atoms with van der Waals surface area (Å²) >= 11 is 2.18. The molecular weight excluding hydrogens is 671 g/mol. The number of rotatable bonds is 12. The highest BCUT2D eigenvalue weighted by Gasteiger charge is 2.23. The molecule has 9 nitrogen and oxygen atoms in total. The van der Waals surface area contributed by atoms with Crippen molar-refractivity contribution >= 4 is 51.7 Å². The lowest BCUT2D eigenvalue weighted by atomic mass is 10.0. The fourth-order valence-corrected chi connectivity index (χ4v) is 5.35. The Labute approximate surface area is 268 Å². The lowest BCUT2D eigenvalue weighted by Crippen LogP contribution is -2.47. The molecule has 0 aliphatic carbocycles. The number of hydrogen-bond donors (Lipinski definition) is 3. The van der Waals surface area contributed by atoms with Crippen LogP contribution in [0.5, 0.6) is 11.5 Å². The lowest BCUT2D eigenvalue weighted by Gasteiger charge is -2.17. The van der Waals surface area contributed by atoms with E-state index in [1.165, 1.54) is 6.21 Å². The Kier molecular flexibility index (Phi) is 10.5. The molecule has 224 valence electrons. The minimum atomic E-state index is -0.946. The number of methoxy groups -OCH3 is 1. The highest BCUT2D eigenvalue weighted by atomic mass is 127. The van der Waals surface area contributed by atoms with Gasteiger partial charge in [-0.1, -0.05) is 78.9 Å². The number of hydrogen-bond acceptors (Lipinski definition) is 6. The van der Waals surface area contributed by atoms with Crippen molar-refractivity contribution in [2.75, 3.05) is 7.11 Å². The summed E-state index contributed by atoms with van der Waals surface area (Å²) in [6.07, 6.45) is 2.87. The first-order valence-electron chi connectivity index (χ1n) is 13.9. The van der Waals surface area contributed by atoms with Gasteiger partial charge in [0.05, 0.1) is 16.9 Å². The maximum Gasteiger partial charge on any atom is 0.408 e. The Balaban J connectivity index is 1.27. The number of alkyl carbamates (subject to hydrolysis) is 1. The zero-order chi connectivity index (χ0) is 30.7. The fraction of sp³-hybridized carbons (Fsp3) is 0.147. The van der Waals surface area contributed by atoms with Gasteiger partial charge in [-0.25, -0.2) is 10.2 Å². The molecule has 0 unspecified atom stereocenters. The van der Waals surface area contributed by atoms with E-state index in [0.717, 1.165) is 31.2 Å². The number of hydrazone groups is 1. The van der Waals surface area contributed by atoms with E-state index in [-0.39, 0.29) is 13.0 Å². The summed E-state index contributed by atoms with van der Waals surface area (Å²) in [6.45, 7) is 0.479. The maximum absolute atomic E-state index is 13.3. The van der Waals surface area contributed by atoms with Gasteiger partial charge in [0.25, 0.3) is 5.91 Å². The van der Waals surface area contributed by atoms with Crippen molar-refractivity contribution in [2.45, 2.75) is 25.7 Å². The summed E-state index contributed by atoms with van der Waals surface area (Å²) in [5, 5.41) is 7.84. The number of benzene rings is 4. The van der Waals surface area contributed by atoms with E-state index < -0.39 is 18.0 Å². The Morgan fingerprint density at radius 1 is 0.932 bits per heavy atom. The number of amides is 2. The van der Waals surface area contributed by atoms with Crippen LogP contribution in [0, 0.1) is 3.57 Å². The SMILES string of the molecule is COc1cc(/C=N\NC(=O)[C@@H](Cc2c[nH]c3ccccc23)NC(=O)OCc2ccccc2)cc(I)c1OCc1ccccc1. The predicted molar refractivity (Wildman–Crippen MR) is 178 cm³/mol. The first-order valence-corrected chi connectivity index (χ1v) is 15.0. The van der Waals surface area contributed by atoms with Crippen molar-refractivity contribution in [3.63, 3.8) is 0 Å². The van der Waals surface area contributed by atoms with Crippen LogP contribution in [0.2, 0.25) is 0 Å². The molecule has 4 aromatic carbocycles. The molecule has 0 radical (unpaired) electrons. The van der Waals surface area contributed by atoms with Gasteiger partial charge in [-0.05, 0) is 63.0 Å². The first kappa shape index (κ1) is 30.6. The number of nitrogens with zero attached hydrogens (tertiary/aromatic N) is 1. The Hall–Kier alpha value is -4.84. The van der Waals surface area contributed by atoms with Gasteiger partial charge < -0.3 is 24.5 Å². The van der Waals surface area contributed by atoms with Crippen LogP contribution in [-0.2, 0) is 29.2 Å². The summed E-state index contributed by atoms with van der Waals surface area (Å²) in [7, 11) is 1.57. The number of nitrogens with one attached hydrogen (secondary N) is 3. The highest BCUT2D eigenvalue weighted by Crippen LogP contribution is 2.34. The molecule has 3 N–H and O–H groups in total. The number of para-hydroxylation sites is 1. The number of H-pyrrole nitrogens is 1. The Morgan fingerprint density at radius 2 is 1.61 bits per heavy atom. The van der Waals surface area contributed by atoms with Gasteiger partial charge in [-0.15, -0.1) is 0 Å². The quantitative estimate of drug-likeness (QED) is 0.0798. The molecule has 44 heavy (non-hydrogen) atoms. The first-order chi connectivity index (χ1) is 21.5. The van der Waals surface area contributed by atoms with E-state index in [4.69, 9.17) is 14.2 Å². The monoisotopic (exact) mass is 702 g/mol. The zero-order valence-corrected chi connectivity index (χ0v) is 26.1. The van der Waals surface area contributed by atoms with Crippen LogP contribution in [0.3, 0.4) is 0 Å². The van der Waals surface area contributed by atoms with Crippen LogP contribution in [0.1, 0.15) is 22.3 Å². The number of halogens is 1. The van der Waals surface area contributed by atoms with Crippen molar-refractivity contribution in [1.82, 2.24) is 15.7 Å². The van der Waals surface area contributed by atoms with Crippen molar-refractivity contribution < 1.29 is 23.8 Å². The van der Waals surface area contributed by atoms with Crippen molar-refractivity contribution in [1.29, 1.82) is 0 Å². The average molecular weight is 703 g/mol. The summed E-state index contributed by atoms with van der Waals surface area (Å²) in [5.74, 6) is 0.670. The van der Waals surface area contributed by atoms with Crippen LogP contribution in [0.25, 0.3) is 10.9 Å². The summed E-state index contributed by atoms with van der Waals surface area (Å²) in [5.41, 5.74) is 6.95. The minimum Gasteiger partial charge on any atom is -0.493 e. The predicted octanol–water partition coefficient (Wildman–Crippen LogP) is 6.35. The number of aromatic amines is 1. The molecular formula is C34H31IN4O5. The van der Waals surface area contributed by atoms with E-state index in [0.29, 0.717) is 23.7 Å². The fourth-order valence-electron chi connectivity index (χ4n) is 4.57. The van der Waals surface area contributed by atoms with Gasteiger partial charge >= 0.3 is 6.09 Å². The van der Waals surface area contributed by atoms with Gasteiger partial charge in [0.1, 0.15) is 19.3 Å². The normalized spacial score (nSPS) is 11.7. The van der Waals surface area contributed by atoms with E-state index >= 15 is 0 Å². The third kappa shape index (κ3) is 8.16. The third-order valence-electron chi connectivity index (χ3n) is 6.79. The molecule has 2 amide bonds. The standard InChI is InChI=1S/C34H31IN4O5/c1-42-31-17-25(16-28(35)32(31)43-21-23-10-4-2-5-11-23)19-37-39-33(40)30(18-26-20-36-29-15-9-8-14-27(26)29)38-34(41)44-22-24-12-6-3-7-13-24/h2-17,19-20,30,36H,18,21-22H2,1H3,(H,38,41)(H,39,40)/b37-19-/t30-/m1/s1. The second kappa shape index (κ2) is 15.1. The molecule has 1 aromatic heterocycles. The molecule has 0 fully saturated rings. The molecule has 0 bridgehead atoms. The molecule has 10 heteroatoms. The summed E-state index contributed by atoms with van der Waals surface area (Å²) in [6, 6.07) is 29.7. The van der Waals surface area contributed by atoms with Gasteiger partial charge in [0.2, 0.25) is 0 Å². The van der Waals surface area contributed by atoms with Gasteiger partial charge in [0.15, 0.2) is 11.5 Å². The second-order valence-electron chi connectivity index (χ2n) is 9.86. The van der Waals surface area contributed by atoms with E-state index in [2.05, 4.69) is 43.4 Å². The molecule has 0 spiro atoms. The molecule has 1 heterocycles. The van der Waals surface area contributed by atoms with Crippen LogP contribution in [0.4, 0.5) is 4.79 Å². The minimum absolute atomic E-state index is 0.0811. The van der Waals surface area contributed by atoms with Gasteiger partial charge in [-0.3, -0.25) is 4.79 Å². The zero-order valence-electron chi connectivity index (χ0n) is 24.0. The molecule has 1 atom stereocenters. The third-order valence-corrected chi connectivity index (χ3v) is 7.59. The van der Waals surface area contributed by atoms with Crippen LogP contribution >= 0.6 is 22.6 Å². The Bertz CT molecular complexity index is 1740. The topological polar surface area (TPSA) is 114 Å². The molecule has 0 saturated carbocycles. The number of ether oxygens (including phenoxy) is 3. The van der Waals surface area contributed by atoms with Crippen LogP contribution in [0.15, 0.2) is 108 Å². The molecule has 0 saturated heterocycles. The largest absolute Gasteiger partial charge is 0.493 e. The number of carbonyl (C=O) groups is 2. The summed E-state index contributed by atoms with van der Waals surface area (Å²) in [4.78, 5) is 29.2. The highest BCUT2D eigenvalue weighted by molar-refractivity contribution is 14.1. The molecule has 0 aliphatic rings. The van der Waals surface area contributed by atoms with E-state index in [1.807, 2.05) is 97.2 Å². The van der Waals surface area contributed by atoms with Crippen LogP contribution in [-0.4, -0.2) is 36.4 Å². The molecule has 5 rings (SSSR count). The molecule has 5 aromatic rings. The van der Waals surface area contributed by atoms with Crippen molar-refractivity contribution in [3.05, 3.63) is 129 Å².